The van der Waals surface area contributed by atoms with Gasteiger partial charge in [-0.2, -0.15) is 0 Å². The molecule has 2 heterocycles. The van der Waals surface area contributed by atoms with Crippen LogP contribution in [0.5, 0.6) is 0 Å². The van der Waals surface area contributed by atoms with Gasteiger partial charge in [0.2, 0.25) is 5.91 Å². The van der Waals surface area contributed by atoms with Gasteiger partial charge in [0.1, 0.15) is 0 Å². The summed E-state index contributed by atoms with van der Waals surface area (Å²) in [6, 6.07) is 4.09. The fraction of sp³-hybridized carbons (Fsp3) is 0.600. The molecule has 4 heteroatoms. The van der Waals surface area contributed by atoms with Crippen molar-refractivity contribution < 1.29 is 4.79 Å². The summed E-state index contributed by atoms with van der Waals surface area (Å²) in [6.45, 7) is 5.64. The van der Waals surface area contributed by atoms with Crippen molar-refractivity contribution in [2.45, 2.75) is 39.2 Å². The van der Waals surface area contributed by atoms with Gasteiger partial charge in [0.25, 0.3) is 0 Å². The van der Waals surface area contributed by atoms with E-state index in [9.17, 15) is 4.79 Å². The van der Waals surface area contributed by atoms with Gasteiger partial charge in [0.05, 0.1) is 6.42 Å². The topological polar surface area (TPSA) is 59.2 Å². The van der Waals surface area contributed by atoms with E-state index in [1.54, 1.807) is 6.20 Å². The van der Waals surface area contributed by atoms with Crippen LogP contribution in [0.25, 0.3) is 0 Å². The van der Waals surface area contributed by atoms with Crippen molar-refractivity contribution in [3.8, 4) is 0 Å². The number of nitrogens with zero attached hydrogens (tertiary/aromatic N) is 2. The van der Waals surface area contributed by atoms with E-state index in [0.717, 1.165) is 37.2 Å². The van der Waals surface area contributed by atoms with Gasteiger partial charge in [0, 0.05) is 31.0 Å². The molecule has 0 saturated carbocycles. The zero-order valence-electron chi connectivity index (χ0n) is 11.8. The van der Waals surface area contributed by atoms with Crippen LogP contribution in [0.1, 0.15) is 31.0 Å². The molecule has 1 aromatic heterocycles. The third kappa shape index (κ3) is 3.77. The van der Waals surface area contributed by atoms with Crippen molar-refractivity contribution in [1.82, 2.24) is 9.88 Å². The summed E-state index contributed by atoms with van der Waals surface area (Å²) < 4.78 is 0. The smallest absolute Gasteiger partial charge is 0.227 e. The second kappa shape index (κ2) is 6.15. The highest BCUT2D eigenvalue weighted by atomic mass is 16.2. The van der Waals surface area contributed by atoms with Crippen LogP contribution in [0.15, 0.2) is 18.3 Å². The van der Waals surface area contributed by atoms with Gasteiger partial charge < -0.3 is 10.6 Å². The first kappa shape index (κ1) is 14.0. The predicted molar refractivity (Wildman–Crippen MR) is 75.6 cm³/mol. The standard InChI is InChI=1S/C15H23N3O/c1-11-5-6-13(9-17-11)8-15(19)18-7-3-4-14(10-18)12(2)16/h5-6,9,12,14H,3-4,7-8,10,16H2,1-2H3. The van der Waals surface area contributed by atoms with E-state index in [4.69, 9.17) is 5.73 Å². The fourth-order valence-corrected chi connectivity index (χ4v) is 2.56. The largest absolute Gasteiger partial charge is 0.342 e. The molecule has 0 aliphatic carbocycles. The molecule has 1 aliphatic heterocycles. The summed E-state index contributed by atoms with van der Waals surface area (Å²) in [6.07, 6.45) is 4.43. The molecule has 19 heavy (non-hydrogen) atoms. The predicted octanol–water partition coefficient (Wildman–Crippen LogP) is 1.52. The normalized spacial score (nSPS) is 21.2. The maximum Gasteiger partial charge on any atom is 0.227 e. The molecular weight excluding hydrogens is 238 g/mol. The number of aryl methyl sites for hydroxylation is 1. The van der Waals surface area contributed by atoms with Crippen molar-refractivity contribution in [2.75, 3.05) is 13.1 Å². The number of pyridine rings is 1. The average molecular weight is 261 g/mol. The molecule has 0 aromatic carbocycles. The summed E-state index contributed by atoms with van der Waals surface area (Å²) in [4.78, 5) is 18.5. The van der Waals surface area contributed by atoms with Gasteiger partial charge in [0.15, 0.2) is 0 Å². The summed E-state index contributed by atoms with van der Waals surface area (Å²) in [5.41, 5.74) is 7.91. The zero-order chi connectivity index (χ0) is 13.8. The van der Waals surface area contributed by atoms with Crippen LogP contribution in [-0.2, 0) is 11.2 Å². The highest BCUT2D eigenvalue weighted by Crippen LogP contribution is 2.19. The monoisotopic (exact) mass is 261 g/mol. The number of amides is 1. The van der Waals surface area contributed by atoms with Crippen molar-refractivity contribution in [3.05, 3.63) is 29.6 Å². The van der Waals surface area contributed by atoms with Gasteiger partial charge in [-0.05, 0) is 44.2 Å². The molecular formula is C15H23N3O. The van der Waals surface area contributed by atoms with Crippen molar-refractivity contribution in [1.29, 1.82) is 0 Å². The van der Waals surface area contributed by atoms with Crippen LogP contribution in [0.2, 0.25) is 0 Å². The summed E-state index contributed by atoms with van der Waals surface area (Å²) in [5.74, 6) is 0.629. The maximum atomic E-state index is 12.3. The Kier molecular flexibility index (Phi) is 4.53. The maximum absolute atomic E-state index is 12.3. The van der Waals surface area contributed by atoms with Gasteiger partial charge in [-0.1, -0.05) is 6.07 Å². The highest BCUT2D eigenvalue weighted by Gasteiger charge is 2.25. The van der Waals surface area contributed by atoms with Crippen molar-refractivity contribution >= 4 is 5.91 Å². The Morgan fingerprint density at radius 1 is 1.58 bits per heavy atom. The number of aromatic nitrogens is 1. The Morgan fingerprint density at radius 2 is 2.37 bits per heavy atom. The molecule has 0 radical (unpaired) electrons. The number of likely N-dealkylation sites (tertiary alicyclic amines) is 1. The number of hydrogen-bond acceptors (Lipinski definition) is 3. The minimum Gasteiger partial charge on any atom is -0.342 e. The molecule has 1 amide bonds. The van der Waals surface area contributed by atoms with Gasteiger partial charge in [-0.25, -0.2) is 0 Å². The minimum atomic E-state index is 0.164. The van der Waals surface area contributed by atoms with Crippen molar-refractivity contribution in [3.63, 3.8) is 0 Å². The van der Waals surface area contributed by atoms with Gasteiger partial charge >= 0.3 is 0 Å². The van der Waals surface area contributed by atoms with E-state index in [1.807, 2.05) is 30.9 Å². The van der Waals surface area contributed by atoms with Crippen LogP contribution < -0.4 is 5.73 Å². The Bertz CT molecular complexity index is 428. The first-order valence-electron chi connectivity index (χ1n) is 7.01. The SMILES string of the molecule is Cc1ccc(CC(=O)N2CCCC(C(C)N)C2)cn1. The van der Waals surface area contributed by atoms with Gasteiger partial charge in [-0.15, -0.1) is 0 Å². The van der Waals surface area contributed by atoms with E-state index >= 15 is 0 Å². The molecule has 2 atom stereocenters. The van der Waals surface area contributed by atoms with E-state index in [2.05, 4.69) is 4.98 Å². The second-order valence-corrected chi connectivity index (χ2v) is 5.59. The van der Waals surface area contributed by atoms with Crippen LogP contribution >= 0.6 is 0 Å². The van der Waals surface area contributed by atoms with E-state index < -0.39 is 0 Å². The molecule has 1 fully saturated rings. The first-order valence-corrected chi connectivity index (χ1v) is 7.01. The average Bonchev–Trinajstić information content (AvgIpc) is 2.41. The van der Waals surface area contributed by atoms with Crippen molar-refractivity contribution in [2.24, 2.45) is 11.7 Å². The molecule has 2 rings (SSSR count). The van der Waals surface area contributed by atoms with Crippen LogP contribution in [-0.4, -0.2) is 34.9 Å². The van der Waals surface area contributed by atoms with Gasteiger partial charge in [-0.3, -0.25) is 9.78 Å². The first-order chi connectivity index (χ1) is 9.06. The molecule has 1 saturated heterocycles. The number of rotatable bonds is 3. The number of carbonyl (C=O) groups is 1. The quantitative estimate of drug-likeness (QED) is 0.897. The Balaban J connectivity index is 1.94. The Morgan fingerprint density at radius 3 is 3.00 bits per heavy atom. The lowest BCUT2D eigenvalue weighted by Crippen LogP contribution is -2.45. The van der Waals surface area contributed by atoms with E-state index in [-0.39, 0.29) is 11.9 Å². The van der Waals surface area contributed by atoms with Crippen LogP contribution in [0, 0.1) is 12.8 Å². The van der Waals surface area contributed by atoms with Crippen LogP contribution in [0.4, 0.5) is 0 Å². The highest BCUT2D eigenvalue weighted by molar-refractivity contribution is 5.78. The summed E-state index contributed by atoms with van der Waals surface area (Å²) >= 11 is 0. The molecule has 104 valence electrons. The third-order valence-corrected chi connectivity index (χ3v) is 3.88. The Labute approximate surface area is 115 Å². The number of piperidine rings is 1. The third-order valence-electron chi connectivity index (χ3n) is 3.88. The Hall–Kier alpha value is -1.42. The molecule has 0 bridgehead atoms. The zero-order valence-corrected chi connectivity index (χ0v) is 11.8. The minimum absolute atomic E-state index is 0.164. The number of nitrogens with two attached hydrogens (primary N) is 1. The van der Waals surface area contributed by atoms with Crippen LogP contribution in [0.3, 0.4) is 0 Å². The fourth-order valence-electron chi connectivity index (χ4n) is 2.56. The molecule has 1 aliphatic rings. The lowest BCUT2D eigenvalue weighted by atomic mass is 9.92. The number of carbonyl (C=O) groups excluding carboxylic acids is 1. The molecule has 2 unspecified atom stereocenters. The summed E-state index contributed by atoms with van der Waals surface area (Å²) in [7, 11) is 0. The molecule has 1 aromatic rings. The number of hydrogen-bond donors (Lipinski definition) is 1. The molecule has 2 N–H and O–H groups in total. The van der Waals surface area contributed by atoms with E-state index in [0.29, 0.717) is 12.3 Å². The van der Waals surface area contributed by atoms with E-state index in [1.165, 1.54) is 0 Å². The lowest BCUT2D eigenvalue weighted by molar-refractivity contribution is -0.132. The molecule has 4 nitrogen and oxygen atoms in total. The summed E-state index contributed by atoms with van der Waals surface area (Å²) in [5, 5.41) is 0. The lowest BCUT2D eigenvalue weighted by Gasteiger charge is -2.34. The second-order valence-electron chi connectivity index (χ2n) is 5.59. The molecule has 0 spiro atoms.